The quantitative estimate of drug-likeness (QED) is 0.197. The summed E-state index contributed by atoms with van der Waals surface area (Å²) in [6.07, 6.45) is 14.4. The van der Waals surface area contributed by atoms with Crippen molar-refractivity contribution < 1.29 is 29.1 Å². The van der Waals surface area contributed by atoms with Crippen molar-refractivity contribution in [1.82, 2.24) is 15.1 Å². The molecule has 0 aromatic carbocycles. The molecule has 2 spiro atoms. The number of hydrogen-bond acceptors (Lipinski definition) is 6. The van der Waals surface area contributed by atoms with E-state index in [1.807, 2.05) is 25.7 Å². The van der Waals surface area contributed by atoms with Crippen LogP contribution in [0.25, 0.3) is 0 Å². The standard InChI is InChI=1S/C43H69N3O6/c1-7-45-21-12-18-30(26-45)37(49)44-36(29-16-9-8-10-17-29)35(48)24-32(40(2,3)4)38(50)46-27-43(41(5,6)42(43)19-13-20-42)25-33(46)34(47)23-31(39(51)52)22-28-14-11-15-28/h28-33,36H,7-27H2,1-6H3,(H,44,49)(H,51,52)/t30-,31-,32-,33-,36-,43?/m0/s1. The van der Waals surface area contributed by atoms with E-state index in [1.54, 1.807) is 0 Å². The Morgan fingerprint density at radius 1 is 0.865 bits per heavy atom. The average Bonchev–Trinajstić information content (AvgIpc) is 3.28. The number of nitrogens with zero attached hydrogens (tertiary/aromatic N) is 2. The van der Waals surface area contributed by atoms with Gasteiger partial charge in [0.15, 0.2) is 11.6 Å². The van der Waals surface area contributed by atoms with E-state index in [-0.39, 0.29) is 64.3 Å². The minimum Gasteiger partial charge on any atom is -0.481 e. The maximum Gasteiger partial charge on any atom is 0.306 e. The molecule has 9 heteroatoms. The van der Waals surface area contributed by atoms with Gasteiger partial charge in [0.2, 0.25) is 11.8 Å². The zero-order chi connectivity index (χ0) is 37.6. The number of piperidine rings is 1. The van der Waals surface area contributed by atoms with Gasteiger partial charge in [-0.1, -0.05) is 86.5 Å². The highest BCUT2D eigenvalue weighted by Gasteiger charge is 2.85. The second-order valence-electron chi connectivity index (χ2n) is 19.8. The Morgan fingerprint density at radius 3 is 2.10 bits per heavy atom. The maximum absolute atomic E-state index is 15.1. The van der Waals surface area contributed by atoms with Gasteiger partial charge < -0.3 is 20.2 Å². The number of nitrogens with one attached hydrogen (secondary N) is 1. The molecule has 292 valence electrons. The molecule has 6 fully saturated rings. The summed E-state index contributed by atoms with van der Waals surface area (Å²) in [6.45, 7) is 15.9. The highest BCUT2D eigenvalue weighted by Crippen LogP contribution is 2.88. The SMILES string of the molecule is CCN1CCC[C@H](C(=O)N[C@H](C(=O)C[C@@H](C(=O)N2CC3(C[C@H]2C(=O)C[C@H](CC2CCC2)C(=O)O)C(C)(C)C32CCC2)C(C)(C)C)C2CCCCC2)C1. The van der Waals surface area contributed by atoms with Gasteiger partial charge in [-0.05, 0) is 92.5 Å². The molecule has 1 unspecified atom stereocenters. The van der Waals surface area contributed by atoms with E-state index < -0.39 is 35.3 Å². The van der Waals surface area contributed by atoms with Gasteiger partial charge in [0.1, 0.15) is 0 Å². The lowest BCUT2D eigenvalue weighted by atomic mass is 9.73. The van der Waals surface area contributed by atoms with Crippen molar-refractivity contribution >= 4 is 29.4 Å². The molecule has 2 saturated heterocycles. The number of carboxylic acid groups (broad SMARTS) is 1. The van der Waals surface area contributed by atoms with E-state index >= 15 is 4.79 Å². The minimum absolute atomic E-state index is 0.0141. The van der Waals surface area contributed by atoms with E-state index in [2.05, 4.69) is 31.0 Å². The van der Waals surface area contributed by atoms with E-state index in [9.17, 15) is 24.3 Å². The van der Waals surface area contributed by atoms with Crippen molar-refractivity contribution in [2.45, 2.75) is 163 Å². The Balaban J connectivity index is 1.24. The van der Waals surface area contributed by atoms with Crippen LogP contribution in [0.2, 0.25) is 0 Å². The zero-order valence-corrected chi connectivity index (χ0v) is 33.3. The van der Waals surface area contributed by atoms with Crippen LogP contribution >= 0.6 is 0 Å². The van der Waals surface area contributed by atoms with Crippen molar-refractivity contribution in [1.29, 1.82) is 0 Å². The first-order valence-electron chi connectivity index (χ1n) is 21.2. The molecular weight excluding hydrogens is 654 g/mol. The van der Waals surface area contributed by atoms with Crippen LogP contribution in [0.15, 0.2) is 0 Å². The molecule has 6 rings (SSSR count). The van der Waals surface area contributed by atoms with Crippen molar-refractivity contribution in [3.05, 3.63) is 0 Å². The molecule has 2 N–H and O–H groups in total. The Labute approximate surface area is 313 Å². The number of aliphatic carboxylic acids is 1. The molecule has 0 radical (unpaired) electrons. The Hall–Kier alpha value is -2.29. The molecule has 4 aliphatic carbocycles. The lowest BCUT2D eigenvalue weighted by molar-refractivity contribution is -0.148. The molecule has 52 heavy (non-hydrogen) atoms. The fourth-order valence-electron chi connectivity index (χ4n) is 11.9. The highest BCUT2D eigenvalue weighted by atomic mass is 16.4. The molecule has 2 heterocycles. The predicted molar refractivity (Wildman–Crippen MR) is 201 cm³/mol. The van der Waals surface area contributed by atoms with Gasteiger partial charge in [0, 0.05) is 37.3 Å². The smallest absolute Gasteiger partial charge is 0.306 e. The zero-order valence-electron chi connectivity index (χ0n) is 33.3. The van der Waals surface area contributed by atoms with E-state index in [4.69, 9.17) is 0 Å². The number of fused-ring (bicyclic) bond motifs is 1. The van der Waals surface area contributed by atoms with Crippen LogP contribution < -0.4 is 5.32 Å². The average molecular weight is 724 g/mol. The number of Topliss-reactive ketones (excluding diaryl/α,β-unsaturated/α-hetero) is 2. The van der Waals surface area contributed by atoms with Crippen molar-refractivity contribution in [2.75, 3.05) is 26.2 Å². The van der Waals surface area contributed by atoms with Crippen molar-refractivity contribution in [3.63, 3.8) is 0 Å². The van der Waals surface area contributed by atoms with Crippen LogP contribution in [-0.2, 0) is 24.0 Å². The van der Waals surface area contributed by atoms with Crippen LogP contribution in [0.1, 0.15) is 151 Å². The molecule has 6 atom stereocenters. The summed E-state index contributed by atoms with van der Waals surface area (Å²) in [6, 6.07) is -1.29. The first-order chi connectivity index (χ1) is 24.5. The van der Waals surface area contributed by atoms with Gasteiger partial charge in [-0.3, -0.25) is 24.0 Å². The van der Waals surface area contributed by atoms with Gasteiger partial charge in [0.05, 0.1) is 23.9 Å². The summed E-state index contributed by atoms with van der Waals surface area (Å²) >= 11 is 0. The van der Waals surface area contributed by atoms with Crippen molar-refractivity contribution in [3.8, 4) is 0 Å². The van der Waals surface area contributed by atoms with Crippen LogP contribution in [0.5, 0.6) is 0 Å². The fraction of sp³-hybridized carbons (Fsp3) is 0.884. The van der Waals surface area contributed by atoms with Crippen LogP contribution in [0, 0.1) is 51.2 Å². The second-order valence-corrected chi connectivity index (χ2v) is 19.8. The number of likely N-dealkylation sites (tertiary alicyclic amines) is 2. The molecule has 2 amide bonds. The summed E-state index contributed by atoms with van der Waals surface area (Å²) in [5.41, 5.74) is -0.636. The molecule has 0 aromatic heterocycles. The monoisotopic (exact) mass is 724 g/mol. The van der Waals surface area contributed by atoms with Gasteiger partial charge in [-0.25, -0.2) is 0 Å². The molecule has 0 aromatic rings. The molecule has 2 aliphatic heterocycles. The fourth-order valence-corrected chi connectivity index (χ4v) is 11.9. The number of carbonyl (C=O) groups is 5. The van der Waals surface area contributed by atoms with Gasteiger partial charge >= 0.3 is 5.97 Å². The maximum atomic E-state index is 15.1. The number of carboxylic acids is 1. The summed E-state index contributed by atoms with van der Waals surface area (Å²) in [4.78, 5) is 74.4. The van der Waals surface area contributed by atoms with E-state index in [0.29, 0.717) is 31.8 Å². The summed E-state index contributed by atoms with van der Waals surface area (Å²) < 4.78 is 0. The van der Waals surface area contributed by atoms with Crippen molar-refractivity contribution in [2.24, 2.45) is 51.2 Å². The molecule has 0 bridgehead atoms. The number of ketones is 2. The Morgan fingerprint density at radius 2 is 1.56 bits per heavy atom. The largest absolute Gasteiger partial charge is 0.481 e. The second kappa shape index (κ2) is 15.1. The predicted octanol–water partition coefficient (Wildman–Crippen LogP) is 7.05. The molecule has 4 saturated carbocycles. The van der Waals surface area contributed by atoms with Crippen LogP contribution in [0.3, 0.4) is 0 Å². The molecular formula is C43H69N3O6. The topological polar surface area (TPSA) is 124 Å². The third kappa shape index (κ3) is 7.14. The summed E-state index contributed by atoms with van der Waals surface area (Å²) in [7, 11) is 0. The third-order valence-electron chi connectivity index (χ3n) is 15.9. The van der Waals surface area contributed by atoms with Crippen LogP contribution in [-0.4, -0.2) is 82.5 Å². The highest BCUT2D eigenvalue weighted by molar-refractivity contribution is 5.96. The lowest BCUT2D eigenvalue weighted by Crippen LogP contribution is -2.53. The lowest BCUT2D eigenvalue weighted by Gasteiger charge is -2.38. The molecule has 9 nitrogen and oxygen atoms in total. The first-order valence-corrected chi connectivity index (χ1v) is 21.2. The first kappa shape index (κ1) is 39.4. The summed E-state index contributed by atoms with van der Waals surface area (Å²) in [5.74, 6) is -2.42. The number of hydrogen-bond donors (Lipinski definition) is 2. The number of carbonyl (C=O) groups excluding carboxylic acids is 4. The number of rotatable bonds is 14. The Bertz CT molecular complexity index is 1370. The van der Waals surface area contributed by atoms with E-state index in [1.165, 1.54) is 0 Å². The normalized spacial score (nSPS) is 30.6. The van der Waals surface area contributed by atoms with Gasteiger partial charge in [0.25, 0.3) is 0 Å². The Kier molecular flexibility index (Phi) is 11.4. The van der Waals surface area contributed by atoms with Gasteiger partial charge in [-0.2, -0.15) is 0 Å². The minimum atomic E-state index is -0.919. The van der Waals surface area contributed by atoms with Gasteiger partial charge in [-0.15, -0.1) is 0 Å². The molecule has 6 aliphatic rings. The van der Waals surface area contributed by atoms with E-state index in [0.717, 1.165) is 96.6 Å². The number of amides is 2. The third-order valence-corrected chi connectivity index (χ3v) is 15.9. The van der Waals surface area contributed by atoms with Crippen LogP contribution in [0.4, 0.5) is 0 Å². The summed E-state index contributed by atoms with van der Waals surface area (Å²) in [5, 5.41) is 13.4.